The summed E-state index contributed by atoms with van der Waals surface area (Å²) in [4.78, 5) is 48.0. The van der Waals surface area contributed by atoms with Crippen molar-refractivity contribution in [3.8, 4) is 5.95 Å². The molecular formula is C21H30N6O3. The van der Waals surface area contributed by atoms with Crippen LogP contribution in [0.4, 0.5) is 0 Å². The van der Waals surface area contributed by atoms with Crippen molar-refractivity contribution in [2.75, 3.05) is 13.1 Å². The summed E-state index contributed by atoms with van der Waals surface area (Å²) in [5.41, 5.74) is 1.17. The molecule has 3 rings (SSSR count). The number of carbonyl (C=O) groups excluding carboxylic acids is 2. The van der Waals surface area contributed by atoms with Crippen LogP contribution in [-0.4, -0.2) is 55.6 Å². The summed E-state index contributed by atoms with van der Waals surface area (Å²) in [7, 11) is 0. The Bertz CT molecular complexity index is 975. The van der Waals surface area contributed by atoms with Crippen LogP contribution >= 0.6 is 0 Å². The van der Waals surface area contributed by atoms with Crippen LogP contribution in [0, 0.1) is 25.7 Å². The molecule has 2 aromatic heterocycles. The Hall–Kier alpha value is -2.97. The number of aromatic nitrogens is 4. The van der Waals surface area contributed by atoms with Crippen molar-refractivity contribution in [2.24, 2.45) is 11.8 Å². The van der Waals surface area contributed by atoms with Gasteiger partial charge in [0.15, 0.2) is 0 Å². The molecule has 1 saturated carbocycles. The van der Waals surface area contributed by atoms with Crippen LogP contribution in [0.1, 0.15) is 55.5 Å². The molecule has 0 spiro atoms. The maximum absolute atomic E-state index is 12.7. The van der Waals surface area contributed by atoms with E-state index < -0.39 is 11.5 Å². The first-order chi connectivity index (χ1) is 14.2. The maximum atomic E-state index is 12.7. The number of nitrogens with one attached hydrogen (secondary N) is 2. The molecule has 0 radical (unpaired) electrons. The van der Waals surface area contributed by atoms with E-state index in [2.05, 4.69) is 27.3 Å². The number of amides is 2. The zero-order valence-corrected chi connectivity index (χ0v) is 18.2. The summed E-state index contributed by atoms with van der Waals surface area (Å²) in [6.07, 6.45) is 1.61. The molecule has 9 heteroatoms. The van der Waals surface area contributed by atoms with E-state index in [1.165, 1.54) is 6.07 Å². The van der Waals surface area contributed by atoms with Crippen molar-refractivity contribution >= 4 is 11.8 Å². The van der Waals surface area contributed by atoms with E-state index in [1.54, 1.807) is 11.0 Å². The zero-order valence-electron chi connectivity index (χ0n) is 18.2. The molecule has 3 atom stereocenters. The van der Waals surface area contributed by atoms with E-state index in [0.29, 0.717) is 25.4 Å². The predicted octanol–water partition coefficient (Wildman–Crippen LogP) is 1.59. The fourth-order valence-corrected chi connectivity index (χ4v) is 3.55. The number of hydrogen-bond donors (Lipinski definition) is 2. The normalized spacial score (nSPS) is 18.7. The average Bonchev–Trinajstić information content (AvgIpc) is 3.29. The molecule has 2 heterocycles. The molecule has 0 unspecified atom stereocenters. The highest BCUT2D eigenvalue weighted by Gasteiger charge is 2.41. The molecule has 0 bridgehead atoms. The van der Waals surface area contributed by atoms with Crippen LogP contribution < -0.4 is 10.9 Å². The lowest BCUT2D eigenvalue weighted by Crippen LogP contribution is -2.46. The maximum Gasteiger partial charge on any atom is 0.274 e. The Kier molecular flexibility index (Phi) is 6.38. The first kappa shape index (κ1) is 21.7. The van der Waals surface area contributed by atoms with Crippen LogP contribution in [0.25, 0.3) is 5.95 Å². The van der Waals surface area contributed by atoms with Crippen molar-refractivity contribution in [2.45, 2.75) is 53.5 Å². The molecule has 2 aromatic rings. The Morgan fingerprint density at radius 3 is 2.43 bits per heavy atom. The van der Waals surface area contributed by atoms with E-state index >= 15 is 0 Å². The summed E-state index contributed by atoms with van der Waals surface area (Å²) in [5, 5.41) is 5.72. The third kappa shape index (κ3) is 4.77. The third-order valence-corrected chi connectivity index (χ3v) is 5.52. The molecule has 1 fully saturated rings. The lowest BCUT2D eigenvalue weighted by atomic mass is 10.2. The SMILES string of the molecule is CC[C@@H](CN(CC)C(=O)[C@@H]1C[C@@H]1C)NC(=O)c1cc(=O)n(-c2nc(C)cc(C)n2)[nH]1. The summed E-state index contributed by atoms with van der Waals surface area (Å²) in [6.45, 7) is 10.7. The summed E-state index contributed by atoms with van der Waals surface area (Å²) in [5.74, 6) is 0.513. The van der Waals surface area contributed by atoms with Crippen LogP contribution in [-0.2, 0) is 4.79 Å². The monoisotopic (exact) mass is 414 g/mol. The highest BCUT2D eigenvalue weighted by molar-refractivity contribution is 5.92. The number of carbonyl (C=O) groups is 2. The number of rotatable bonds is 8. The van der Waals surface area contributed by atoms with Crippen LogP contribution in [0.5, 0.6) is 0 Å². The second-order valence-corrected chi connectivity index (χ2v) is 8.07. The molecule has 2 N–H and O–H groups in total. The summed E-state index contributed by atoms with van der Waals surface area (Å²) >= 11 is 0. The first-order valence-corrected chi connectivity index (χ1v) is 10.5. The van der Waals surface area contributed by atoms with Gasteiger partial charge in [0, 0.05) is 42.5 Å². The van der Waals surface area contributed by atoms with Gasteiger partial charge in [-0.05, 0) is 45.6 Å². The summed E-state index contributed by atoms with van der Waals surface area (Å²) < 4.78 is 1.16. The fourth-order valence-electron chi connectivity index (χ4n) is 3.55. The Morgan fingerprint density at radius 1 is 1.27 bits per heavy atom. The Morgan fingerprint density at radius 2 is 1.90 bits per heavy atom. The molecule has 0 aromatic carbocycles. The van der Waals surface area contributed by atoms with Crippen LogP contribution in [0.15, 0.2) is 16.9 Å². The third-order valence-electron chi connectivity index (χ3n) is 5.52. The largest absolute Gasteiger partial charge is 0.346 e. The molecule has 2 amide bonds. The molecule has 0 aliphatic heterocycles. The van der Waals surface area contributed by atoms with E-state index in [1.807, 2.05) is 27.7 Å². The van der Waals surface area contributed by atoms with Gasteiger partial charge in [0.25, 0.3) is 17.4 Å². The van der Waals surface area contributed by atoms with Gasteiger partial charge in [0.1, 0.15) is 5.69 Å². The number of nitrogens with zero attached hydrogens (tertiary/aromatic N) is 4. The second-order valence-electron chi connectivity index (χ2n) is 8.07. The minimum Gasteiger partial charge on any atom is -0.346 e. The molecule has 1 aliphatic carbocycles. The minimum absolute atomic E-state index is 0.112. The van der Waals surface area contributed by atoms with E-state index in [4.69, 9.17) is 0 Å². The van der Waals surface area contributed by atoms with E-state index in [-0.39, 0.29) is 29.5 Å². The minimum atomic E-state index is -0.411. The lowest BCUT2D eigenvalue weighted by Gasteiger charge is -2.27. The Labute approximate surface area is 175 Å². The number of hydrogen-bond acceptors (Lipinski definition) is 5. The average molecular weight is 415 g/mol. The van der Waals surface area contributed by atoms with Crippen molar-refractivity contribution < 1.29 is 9.59 Å². The smallest absolute Gasteiger partial charge is 0.274 e. The molecule has 9 nitrogen and oxygen atoms in total. The van der Waals surface area contributed by atoms with Gasteiger partial charge >= 0.3 is 0 Å². The molecular weight excluding hydrogens is 384 g/mol. The lowest BCUT2D eigenvalue weighted by molar-refractivity contribution is -0.133. The second kappa shape index (κ2) is 8.81. The quantitative estimate of drug-likeness (QED) is 0.681. The van der Waals surface area contributed by atoms with Gasteiger partial charge in [-0.15, -0.1) is 0 Å². The van der Waals surface area contributed by atoms with Gasteiger partial charge in [-0.3, -0.25) is 19.5 Å². The van der Waals surface area contributed by atoms with Crippen molar-refractivity contribution in [1.29, 1.82) is 0 Å². The van der Waals surface area contributed by atoms with Crippen molar-refractivity contribution in [3.63, 3.8) is 0 Å². The van der Waals surface area contributed by atoms with Gasteiger partial charge in [-0.25, -0.2) is 9.97 Å². The molecule has 30 heavy (non-hydrogen) atoms. The van der Waals surface area contributed by atoms with Crippen molar-refractivity contribution in [1.82, 2.24) is 30.0 Å². The highest BCUT2D eigenvalue weighted by Crippen LogP contribution is 2.39. The Balaban J connectivity index is 1.71. The highest BCUT2D eigenvalue weighted by atomic mass is 16.2. The van der Waals surface area contributed by atoms with Gasteiger partial charge in [-0.1, -0.05) is 13.8 Å². The van der Waals surface area contributed by atoms with Crippen LogP contribution in [0.2, 0.25) is 0 Å². The molecule has 0 saturated heterocycles. The topological polar surface area (TPSA) is 113 Å². The van der Waals surface area contributed by atoms with Gasteiger partial charge in [0.05, 0.1) is 0 Å². The first-order valence-electron chi connectivity index (χ1n) is 10.5. The van der Waals surface area contributed by atoms with Gasteiger partial charge < -0.3 is 10.2 Å². The number of likely N-dealkylation sites (N-methyl/N-ethyl adjacent to an activating group) is 1. The fraction of sp³-hybridized carbons (Fsp3) is 0.571. The zero-order chi connectivity index (χ0) is 22.0. The molecule has 162 valence electrons. The number of H-pyrrole nitrogens is 1. The number of aryl methyl sites for hydroxylation is 2. The van der Waals surface area contributed by atoms with Gasteiger partial charge in [0.2, 0.25) is 5.91 Å². The molecule has 1 aliphatic rings. The van der Waals surface area contributed by atoms with E-state index in [0.717, 1.165) is 22.5 Å². The number of aromatic amines is 1. The van der Waals surface area contributed by atoms with Gasteiger partial charge in [-0.2, -0.15) is 4.68 Å². The van der Waals surface area contributed by atoms with Crippen LogP contribution in [0.3, 0.4) is 0 Å². The summed E-state index contributed by atoms with van der Waals surface area (Å²) in [6, 6.07) is 2.83. The standard InChI is InChI=1S/C21H30N6O3/c1-6-15(11-26(7-2)20(30)16-8-12(16)3)24-19(29)17-10-18(28)27(25-17)21-22-13(4)9-14(5)23-21/h9-10,12,15-16,25H,6-8,11H2,1-5H3,(H,24,29)/t12-,15-,16+/m0/s1. The predicted molar refractivity (Wildman–Crippen MR) is 113 cm³/mol. The van der Waals surface area contributed by atoms with Crippen molar-refractivity contribution in [3.05, 3.63) is 39.6 Å². The van der Waals surface area contributed by atoms with E-state index in [9.17, 15) is 14.4 Å².